The van der Waals surface area contributed by atoms with E-state index in [4.69, 9.17) is 0 Å². The summed E-state index contributed by atoms with van der Waals surface area (Å²) in [6, 6.07) is 2.55. The standard InChI is InChI=1S/C15H24BrN3OS/c1-17-6-4-13(5-7-17)18(2)8-9-19(3)15(20)12-10-14(16)21-11-12/h10-11,13H,4-9H2,1-3H3. The largest absolute Gasteiger partial charge is 0.340 e. The van der Waals surface area contributed by atoms with Crippen LogP contribution in [0.1, 0.15) is 23.2 Å². The number of thiophene rings is 1. The van der Waals surface area contributed by atoms with Crippen LogP contribution in [0.3, 0.4) is 0 Å². The Labute approximate surface area is 139 Å². The van der Waals surface area contributed by atoms with Gasteiger partial charge in [-0.15, -0.1) is 11.3 Å². The van der Waals surface area contributed by atoms with Gasteiger partial charge in [0.15, 0.2) is 0 Å². The zero-order valence-electron chi connectivity index (χ0n) is 13.0. The minimum atomic E-state index is 0.105. The number of halogens is 1. The molecule has 0 radical (unpaired) electrons. The molecule has 0 aliphatic carbocycles. The second-order valence-electron chi connectivity index (χ2n) is 5.88. The zero-order valence-corrected chi connectivity index (χ0v) is 15.4. The number of rotatable bonds is 5. The predicted octanol–water partition coefficient (Wildman–Crippen LogP) is 2.61. The molecule has 2 rings (SSSR count). The molecule has 2 heterocycles. The SMILES string of the molecule is CN1CCC(N(C)CCN(C)C(=O)c2csc(Br)c2)CC1. The van der Waals surface area contributed by atoms with Crippen molar-refractivity contribution in [3.63, 3.8) is 0 Å². The van der Waals surface area contributed by atoms with Gasteiger partial charge in [0.25, 0.3) is 5.91 Å². The average Bonchev–Trinajstić information content (AvgIpc) is 2.91. The molecule has 0 atom stereocenters. The van der Waals surface area contributed by atoms with E-state index in [1.807, 2.05) is 23.4 Å². The zero-order chi connectivity index (χ0) is 15.4. The molecule has 1 aliphatic heterocycles. The van der Waals surface area contributed by atoms with Gasteiger partial charge in [-0.3, -0.25) is 4.79 Å². The van der Waals surface area contributed by atoms with Crippen LogP contribution in [0.15, 0.2) is 15.2 Å². The van der Waals surface area contributed by atoms with Crippen molar-refractivity contribution < 1.29 is 4.79 Å². The van der Waals surface area contributed by atoms with E-state index >= 15 is 0 Å². The van der Waals surface area contributed by atoms with Crippen molar-refractivity contribution in [2.45, 2.75) is 18.9 Å². The van der Waals surface area contributed by atoms with Gasteiger partial charge in [0.1, 0.15) is 0 Å². The Morgan fingerprint density at radius 3 is 2.62 bits per heavy atom. The maximum absolute atomic E-state index is 12.3. The quantitative estimate of drug-likeness (QED) is 0.793. The van der Waals surface area contributed by atoms with E-state index in [9.17, 15) is 4.79 Å². The lowest BCUT2D eigenvalue weighted by atomic mass is 10.0. The van der Waals surface area contributed by atoms with Crippen molar-refractivity contribution in [1.82, 2.24) is 14.7 Å². The first-order valence-electron chi connectivity index (χ1n) is 7.35. The highest BCUT2D eigenvalue weighted by Gasteiger charge is 2.21. The minimum Gasteiger partial charge on any atom is -0.340 e. The monoisotopic (exact) mass is 373 g/mol. The number of hydrogen-bond acceptors (Lipinski definition) is 4. The Morgan fingerprint density at radius 1 is 1.38 bits per heavy atom. The molecular formula is C15H24BrN3OS. The second kappa shape index (κ2) is 7.72. The van der Waals surface area contributed by atoms with Crippen LogP contribution >= 0.6 is 27.3 Å². The normalized spacial score (nSPS) is 17.4. The summed E-state index contributed by atoms with van der Waals surface area (Å²) in [5.74, 6) is 0.105. The molecule has 1 amide bonds. The van der Waals surface area contributed by atoms with Gasteiger partial charge in [-0.1, -0.05) is 0 Å². The van der Waals surface area contributed by atoms with Gasteiger partial charge >= 0.3 is 0 Å². The average molecular weight is 374 g/mol. The molecule has 4 nitrogen and oxygen atoms in total. The van der Waals surface area contributed by atoms with Crippen LogP contribution in [-0.4, -0.2) is 74.0 Å². The maximum Gasteiger partial charge on any atom is 0.254 e. The van der Waals surface area contributed by atoms with Crippen molar-refractivity contribution >= 4 is 33.2 Å². The summed E-state index contributed by atoms with van der Waals surface area (Å²) in [5, 5.41) is 1.91. The molecule has 0 spiro atoms. The third-order valence-corrected chi connectivity index (χ3v) is 5.77. The highest BCUT2D eigenvalue weighted by atomic mass is 79.9. The van der Waals surface area contributed by atoms with Crippen LogP contribution in [0, 0.1) is 0 Å². The van der Waals surface area contributed by atoms with E-state index in [1.54, 1.807) is 11.3 Å². The fraction of sp³-hybridized carbons (Fsp3) is 0.667. The number of nitrogens with zero attached hydrogens (tertiary/aromatic N) is 3. The second-order valence-corrected chi connectivity index (χ2v) is 8.17. The lowest BCUT2D eigenvalue weighted by molar-refractivity contribution is 0.0759. The first-order valence-corrected chi connectivity index (χ1v) is 9.03. The number of piperidine rings is 1. The first-order chi connectivity index (χ1) is 9.97. The van der Waals surface area contributed by atoms with E-state index in [2.05, 4.69) is 39.8 Å². The smallest absolute Gasteiger partial charge is 0.254 e. The summed E-state index contributed by atoms with van der Waals surface area (Å²) in [7, 11) is 6.24. The number of likely N-dealkylation sites (N-methyl/N-ethyl adjacent to an activating group) is 2. The van der Waals surface area contributed by atoms with E-state index < -0.39 is 0 Å². The third kappa shape index (κ3) is 4.77. The van der Waals surface area contributed by atoms with Crippen molar-refractivity contribution in [1.29, 1.82) is 0 Å². The molecule has 6 heteroatoms. The topological polar surface area (TPSA) is 26.8 Å². The minimum absolute atomic E-state index is 0.105. The lowest BCUT2D eigenvalue weighted by Gasteiger charge is -2.35. The third-order valence-electron chi connectivity index (χ3n) is 4.26. The lowest BCUT2D eigenvalue weighted by Crippen LogP contribution is -2.44. The summed E-state index contributed by atoms with van der Waals surface area (Å²) >= 11 is 4.96. The highest BCUT2D eigenvalue weighted by Crippen LogP contribution is 2.21. The molecular weight excluding hydrogens is 350 g/mol. The van der Waals surface area contributed by atoms with Crippen LogP contribution in [-0.2, 0) is 0 Å². The van der Waals surface area contributed by atoms with E-state index in [-0.39, 0.29) is 5.91 Å². The number of carbonyl (C=O) groups is 1. The van der Waals surface area contributed by atoms with E-state index in [1.165, 1.54) is 25.9 Å². The molecule has 1 fully saturated rings. The Bertz CT molecular complexity index is 471. The predicted molar refractivity (Wildman–Crippen MR) is 92.1 cm³/mol. The fourth-order valence-electron chi connectivity index (χ4n) is 2.67. The summed E-state index contributed by atoms with van der Waals surface area (Å²) in [6.45, 7) is 4.05. The molecule has 21 heavy (non-hydrogen) atoms. The molecule has 0 N–H and O–H groups in total. The van der Waals surface area contributed by atoms with Crippen molar-refractivity contribution in [3.05, 3.63) is 20.8 Å². The molecule has 0 aromatic carbocycles. The Balaban J connectivity index is 1.78. The first kappa shape index (κ1) is 16.9. The van der Waals surface area contributed by atoms with Gasteiger partial charge in [0, 0.05) is 31.6 Å². The molecule has 0 bridgehead atoms. The van der Waals surface area contributed by atoms with Crippen molar-refractivity contribution in [3.8, 4) is 0 Å². The number of likely N-dealkylation sites (tertiary alicyclic amines) is 1. The summed E-state index contributed by atoms with van der Waals surface area (Å²) in [4.78, 5) is 18.9. The molecule has 1 aromatic heterocycles. The Hall–Kier alpha value is -0.430. The summed E-state index contributed by atoms with van der Waals surface area (Å²) < 4.78 is 1.00. The van der Waals surface area contributed by atoms with E-state index in [0.29, 0.717) is 6.04 Å². The molecule has 1 aromatic rings. The summed E-state index contributed by atoms with van der Waals surface area (Å²) in [5.41, 5.74) is 0.774. The summed E-state index contributed by atoms with van der Waals surface area (Å²) in [6.07, 6.45) is 2.45. The van der Waals surface area contributed by atoms with Gasteiger partial charge in [-0.25, -0.2) is 0 Å². The van der Waals surface area contributed by atoms with Crippen LogP contribution in [0.25, 0.3) is 0 Å². The molecule has 0 unspecified atom stereocenters. The maximum atomic E-state index is 12.3. The Kier molecular flexibility index (Phi) is 6.22. The van der Waals surface area contributed by atoms with Crippen molar-refractivity contribution in [2.24, 2.45) is 0 Å². The molecule has 0 saturated carbocycles. The highest BCUT2D eigenvalue weighted by molar-refractivity contribution is 9.11. The van der Waals surface area contributed by atoms with Gasteiger partial charge in [-0.05, 0) is 62.0 Å². The van der Waals surface area contributed by atoms with Gasteiger partial charge in [-0.2, -0.15) is 0 Å². The number of carbonyl (C=O) groups excluding carboxylic acids is 1. The molecule has 118 valence electrons. The molecule has 1 saturated heterocycles. The fourth-order valence-corrected chi connectivity index (χ4v) is 3.80. The Morgan fingerprint density at radius 2 is 2.05 bits per heavy atom. The number of hydrogen-bond donors (Lipinski definition) is 0. The van der Waals surface area contributed by atoms with E-state index in [0.717, 1.165) is 22.4 Å². The van der Waals surface area contributed by atoms with Gasteiger partial charge in [0.2, 0.25) is 0 Å². The van der Waals surface area contributed by atoms with Crippen LogP contribution in [0.2, 0.25) is 0 Å². The van der Waals surface area contributed by atoms with Crippen LogP contribution in [0.4, 0.5) is 0 Å². The van der Waals surface area contributed by atoms with Crippen LogP contribution < -0.4 is 0 Å². The van der Waals surface area contributed by atoms with Gasteiger partial charge in [0.05, 0.1) is 9.35 Å². The number of amides is 1. The van der Waals surface area contributed by atoms with Crippen molar-refractivity contribution in [2.75, 3.05) is 47.3 Å². The van der Waals surface area contributed by atoms with Crippen LogP contribution in [0.5, 0.6) is 0 Å². The van der Waals surface area contributed by atoms with Gasteiger partial charge < -0.3 is 14.7 Å². The molecule has 1 aliphatic rings.